The zero-order valence-electron chi connectivity index (χ0n) is 7.47. The van der Waals surface area contributed by atoms with E-state index in [-0.39, 0.29) is 16.8 Å². The Kier molecular flexibility index (Phi) is 3.11. The molecule has 0 aliphatic carbocycles. The molecule has 1 aromatic carbocycles. The van der Waals surface area contributed by atoms with E-state index in [0.29, 0.717) is 0 Å². The second-order valence-electron chi connectivity index (χ2n) is 2.60. The van der Waals surface area contributed by atoms with Crippen LogP contribution in [-0.2, 0) is 4.74 Å². The van der Waals surface area contributed by atoms with E-state index in [9.17, 15) is 9.90 Å². The molecule has 1 aromatic rings. The molecule has 14 heavy (non-hydrogen) atoms. The molecule has 0 saturated heterocycles. The number of rotatable bonds is 2. The Morgan fingerprint density at radius 3 is 2.57 bits per heavy atom. The van der Waals surface area contributed by atoms with Crippen LogP contribution in [0.4, 0.5) is 0 Å². The first kappa shape index (κ1) is 10.6. The number of hydrogen-bond donors (Lipinski definition) is 3. The van der Waals surface area contributed by atoms with Gasteiger partial charge in [-0.2, -0.15) is 0 Å². The molecule has 74 valence electrons. The van der Waals surface area contributed by atoms with Crippen LogP contribution in [-0.4, -0.2) is 35.4 Å². The highest BCUT2D eigenvalue weighted by atomic mass is 16.5. The summed E-state index contributed by atoms with van der Waals surface area (Å²) < 4.78 is 4.41. The van der Waals surface area contributed by atoms with Crippen LogP contribution >= 0.6 is 0 Å². The SMILES string of the molecule is COC(=O)c1cccc(O)c1B(O)O. The van der Waals surface area contributed by atoms with Gasteiger partial charge in [0.2, 0.25) is 0 Å². The number of methoxy groups -OCH3 is 1. The van der Waals surface area contributed by atoms with Crippen LogP contribution < -0.4 is 5.46 Å². The molecule has 0 saturated carbocycles. The molecule has 0 fully saturated rings. The van der Waals surface area contributed by atoms with Crippen molar-refractivity contribution < 1.29 is 24.7 Å². The summed E-state index contributed by atoms with van der Waals surface area (Å²) in [4.78, 5) is 11.1. The van der Waals surface area contributed by atoms with Crippen LogP contribution in [0.1, 0.15) is 10.4 Å². The van der Waals surface area contributed by atoms with E-state index in [4.69, 9.17) is 10.0 Å². The van der Waals surface area contributed by atoms with Crippen molar-refractivity contribution in [3.63, 3.8) is 0 Å². The Morgan fingerprint density at radius 1 is 1.43 bits per heavy atom. The van der Waals surface area contributed by atoms with Crippen LogP contribution in [0, 0.1) is 0 Å². The fourth-order valence-corrected chi connectivity index (χ4v) is 1.11. The first-order valence-corrected chi connectivity index (χ1v) is 3.84. The van der Waals surface area contributed by atoms with E-state index < -0.39 is 13.1 Å². The predicted molar refractivity (Wildman–Crippen MR) is 49.3 cm³/mol. The summed E-state index contributed by atoms with van der Waals surface area (Å²) in [5.41, 5.74) is -0.318. The largest absolute Gasteiger partial charge is 0.508 e. The third-order valence-corrected chi connectivity index (χ3v) is 1.75. The number of esters is 1. The Morgan fingerprint density at radius 2 is 2.07 bits per heavy atom. The van der Waals surface area contributed by atoms with Gasteiger partial charge in [-0.05, 0) is 12.1 Å². The molecule has 1 rings (SSSR count). The summed E-state index contributed by atoms with van der Waals surface area (Å²) in [6, 6.07) is 4.00. The number of hydrogen-bond acceptors (Lipinski definition) is 5. The molecule has 6 heteroatoms. The van der Waals surface area contributed by atoms with Gasteiger partial charge in [0.05, 0.1) is 12.7 Å². The van der Waals surface area contributed by atoms with Crippen molar-refractivity contribution >= 4 is 18.6 Å². The number of phenols is 1. The number of carbonyl (C=O) groups is 1. The zero-order chi connectivity index (χ0) is 10.7. The standard InChI is InChI=1S/C8H9BO5/c1-14-8(11)5-3-2-4-6(10)7(5)9(12)13/h2-4,10,12-13H,1H3. The fourth-order valence-electron chi connectivity index (χ4n) is 1.11. The van der Waals surface area contributed by atoms with Crippen LogP contribution in [0.3, 0.4) is 0 Å². The molecule has 0 aliphatic rings. The molecular formula is C8H9BO5. The lowest BCUT2D eigenvalue weighted by atomic mass is 9.76. The van der Waals surface area contributed by atoms with Gasteiger partial charge in [0.25, 0.3) is 0 Å². The van der Waals surface area contributed by atoms with Crippen LogP contribution in [0.15, 0.2) is 18.2 Å². The maximum atomic E-state index is 11.1. The minimum Gasteiger partial charge on any atom is -0.508 e. The maximum Gasteiger partial charge on any atom is 0.493 e. The topological polar surface area (TPSA) is 87.0 Å². The number of phenolic OH excluding ortho intramolecular Hbond substituents is 1. The Balaban J connectivity index is 3.28. The Labute approximate surface area is 80.7 Å². The maximum absolute atomic E-state index is 11.1. The molecule has 0 aromatic heterocycles. The normalized spacial score (nSPS) is 9.64. The van der Waals surface area contributed by atoms with Gasteiger partial charge in [-0.1, -0.05) is 6.07 Å². The number of aromatic hydroxyl groups is 1. The number of ether oxygens (including phenoxy) is 1. The second-order valence-corrected chi connectivity index (χ2v) is 2.60. The third-order valence-electron chi connectivity index (χ3n) is 1.75. The summed E-state index contributed by atoms with van der Waals surface area (Å²) in [6.07, 6.45) is 0. The molecule has 0 spiro atoms. The Hall–Kier alpha value is -1.53. The van der Waals surface area contributed by atoms with Gasteiger partial charge in [-0.15, -0.1) is 0 Å². The van der Waals surface area contributed by atoms with Crippen molar-refractivity contribution in [3.8, 4) is 5.75 Å². The quantitative estimate of drug-likeness (QED) is 0.411. The monoisotopic (exact) mass is 196 g/mol. The minimum atomic E-state index is -1.91. The average molecular weight is 196 g/mol. The van der Waals surface area contributed by atoms with Crippen molar-refractivity contribution in [2.45, 2.75) is 0 Å². The minimum absolute atomic E-state index is 0.0671. The lowest BCUT2D eigenvalue weighted by molar-refractivity contribution is 0.0601. The van der Waals surface area contributed by atoms with Crippen LogP contribution in [0.25, 0.3) is 0 Å². The summed E-state index contributed by atoms with van der Waals surface area (Å²) >= 11 is 0. The van der Waals surface area contributed by atoms with E-state index in [1.807, 2.05) is 0 Å². The zero-order valence-corrected chi connectivity index (χ0v) is 7.47. The van der Waals surface area contributed by atoms with Gasteiger partial charge in [0.15, 0.2) is 0 Å². The second kappa shape index (κ2) is 4.12. The van der Waals surface area contributed by atoms with Gasteiger partial charge in [-0.3, -0.25) is 0 Å². The highest BCUT2D eigenvalue weighted by Crippen LogP contribution is 2.09. The van der Waals surface area contributed by atoms with Gasteiger partial charge in [0, 0.05) is 5.46 Å². The molecule has 5 nitrogen and oxygen atoms in total. The molecule has 0 amide bonds. The lowest BCUT2D eigenvalue weighted by Crippen LogP contribution is -2.35. The van der Waals surface area contributed by atoms with E-state index >= 15 is 0 Å². The van der Waals surface area contributed by atoms with Crippen molar-refractivity contribution in [1.29, 1.82) is 0 Å². The fraction of sp³-hybridized carbons (Fsp3) is 0.125. The van der Waals surface area contributed by atoms with Crippen molar-refractivity contribution in [1.82, 2.24) is 0 Å². The smallest absolute Gasteiger partial charge is 0.493 e. The first-order chi connectivity index (χ1) is 6.57. The van der Waals surface area contributed by atoms with Gasteiger partial charge in [0.1, 0.15) is 5.75 Å². The lowest BCUT2D eigenvalue weighted by Gasteiger charge is -2.08. The van der Waals surface area contributed by atoms with Crippen molar-refractivity contribution in [3.05, 3.63) is 23.8 Å². The third kappa shape index (κ3) is 1.86. The summed E-state index contributed by atoms with van der Waals surface area (Å²) in [7, 11) is -0.745. The number of benzene rings is 1. The van der Waals surface area contributed by atoms with Crippen LogP contribution in [0.5, 0.6) is 5.75 Å². The molecule has 3 N–H and O–H groups in total. The van der Waals surface area contributed by atoms with Crippen molar-refractivity contribution in [2.75, 3.05) is 7.11 Å². The molecule has 0 heterocycles. The average Bonchev–Trinajstić information content (AvgIpc) is 2.15. The first-order valence-electron chi connectivity index (χ1n) is 3.84. The molecular weight excluding hydrogens is 187 g/mol. The highest BCUT2D eigenvalue weighted by Gasteiger charge is 2.24. The molecule has 0 bridgehead atoms. The Bertz CT molecular complexity index is 350. The van der Waals surface area contributed by atoms with E-state index in [1.165, 1.54) is 25.3 Å². The highest BCUT2D eigenvalue weighted by molar-refractivity contribution is 6.61. The number of carbonyl (C=O) groups excluding carboxylic acids is 1. The summed E-state index contributed by atoms with van der Waals surface area (Å²) in [6.45, 7) is 0. The predicted octanol–water partition coefficient (Wildman–Crippen LogP) is -1.14. The summed E-state index contributed by atoms with van der Waals surface area (Å²) in [5, 5.41) is 27.1. The van der Waals surface area contributed by atoms with E-state index in [2.05, 4.69) is 4.74 Å². The van der Waals surface area contributed by atoms with Gasteiger partial charge < -0.3 is 19.9 Å². The van der Waals surface area contributed by atoms with Crippen molar-refractivity contribution in [2.24, 2.45) is 0 Å². The van der Waals surface area contributed by atoms with E-state index in [0.717, 1.165) is 0 Å². The summed E-state index contributed by atoms with van der Waals surface area (Å²) in [5.74, 6) is -1.09. The van der Waals surface area contributed by atoms with Gasteiger partial charge >= 0.3 is 13.1 Å². The van der Waals surface area contributed by atoms with Gasteiger partial charge in [-0.25, -0.2) is 4.79 Å². The molecule has 0 atom stereocenters. The molecule has 0 unspecified atom stereocenters. The van der Waals surface area contributed by atoms with Crippen LogP contribution in [0.2, 0.25) is 0 Å². The molecule has 0 aliphatic heterocycles. The molecule has 0 radical (unpaired) electrons. The van der Waals surface area contributed by atoms with E-state index in [1.54, 1.807) is 0 Å².